The summed E-state index contributed by atoms with van der Waals surface area (Å²) in [6, 6.07) is 7.43. The monoisotopic (exact) mass is 298 g/mol. The highest BCUT2D eigenvalue weighted by molar-refractivity contribution is 6.07. The number of rotatable bonds is 2. The van der Waals surface area contributed by atoms with Crippen LogP contribution in [-0.4, -0.2) is 31.9 Å². The molecular formula is C13H10N6O3. The third-order valence-corrected chi connectivity index (χ3v) is 2.79. The van der Waals surface area contributed by atoms with Crippen LogP contribution in [0.15, 0.2) is 41.5 Å². The van der Waals surface area contributed by atoms with Crippen molar-refractivity contribution in [1.82, 2.24) is 25.3 Å². The number of imidazole rings is 1. The average Bonchev–Trinajstić information content (AvgIpc) is 2.97. The van der Waals surface area contributed by atoms with Gasteiger partial charge in [-0.3, -0.25) is 25.2 Å². The molecule has 2 heterocycles. The molecule has 0 saturated heterocycles. The molecule has 3 amide bonds. The van der Waals surface area contributed by atoms with Crippen molar-refractivity contribution in [3.8, 4) is 0 Å². The average molecular weight is 298 g/mol. The Kier molecular flexibility index (Phi) is 3.36. The van der Waals surface area contributed by atoms with Gasteiger partial charge in [0.05, 0.1) is 6.33 Å². The quantitative estimate of drug-likeness (QED) is 0.550. The van der Waals surface area contributed by atoms with Crippen LogP contribution < -0.4 is 16.2 Å². The molecule has 0 aliphatic carbocycles. The number of carbonyl (C=O) groups excluding carboxylic acids is 2. The van der Waals surface area contributed by atoms with Crippen molar-refractivity contribution >= 4 is 29.1 Å². The molecule has 4 N–H and O–H groups in total. The van der Waals surface area contributed by atoms with Crippen molar-refractivity contribution in [2.75, 3.05) is 5.32 Å². The summed E-state index contributed by atoms with van der Waals surface area (Å²) in [5.74, 6) is -0.677. The molecule has 9 nitrogen and oxygen atoms in total. The second-order valence-corrected chi connectivity index (χ2v) is 4.29. The van der Waals surface area contributed by atoms with Gasteiger partial charge in [-0.05, 0) is 12.1 Å². The molecule has 3 rings (SSSR count). The number of benzene rings is 1. The van der Waals surface area contributed by atoms with E-state index >= 15 is 0 Å². The van der Waals surface area contributed by atoms with Crippen molar-refractivity contribution in [1.29, 1.82) is 0 Å². The number of carbonyl (C=O) groups is 2. The minimum Gasteiger partial charge on any atom is -0.339 e. The van der Waals surface area contributed by atoms with Gasteiger partial charge in [-0.25, -0.2) is 9.78 Å². The highest BCUT2D eigenvalue weighted by atomic mass is 16.2. The standard InChI is InChI=1S/C13H10N6O3/c20-10(7-4-2-1-3-5-7)18-13(22)19-12-16-9-8(11(21)17-12)14-6-15-9/h1-6H,(H4,14,15,16,17,18,19,20,21,22). The molecule has 0 saturated carbocycles. The molecular weight excluding hydrogens is 288 g/mol. The first-order chi connectivity index (χ1) is 10.6. The van der Waals surface area contributed by atoms with Gasteiger partial charge in [0.2, 0.25) is 5.95 Å². The molecule has 1 aromatic carbocycles. The molecule has 0 spiro atoms. The number of anilines is 1. The number of imide groups is 1. The van der Waals surface area contributed by atoms with E-state index in [4.69, 9.17) is 0 Å². The first kappa shape index (κ1) is 13.5. The predicted octanol–water partition coefficient (Wildman–Crippen LogP) is 0.608. The van der Waals surface area contributed by atoms with E-state index in [-0.39, 0.29) is 17.1 Å². The van der Waals surface area contributed by atoms with Gasteiger partial charge in [-0.15, -0.1) is 0 Å². The number of hydrogen-bond donors (Lipinski definition) is 4. The van der Waals surface area contributed by atoms with Gasteiger partial charge in [0.25, 0.3) is 11.5 Å². The number of hydrogen-bond acceptors (Lipinski definition) is 5. The van der Waals surface area contributed by atoms with Crippen molar-refractivity contribution < 1.29 is 9.59 Å². The van der Waals surface area contributed by atoms with Crippen LogP contribution in [0.4, 0.5) is 10.7 Å². The summed E-state index contributed by atoms with van der Waals surface area (Å²) in [6.45, 7) is 0. The zero-order valence-electron chi connectivity index (χ0n) is 11.1. The van der Waals surface area contributed by atoms with Gasteiger partial charge in [-0.1, -0.05) is 18.2 Å². The number of nitrogens with one attached hydrogen (secondary N) is 4. The zero-order chi connectivity index (χ0) is 15.5. The highest BCUT2D eigenvalue weighted by Crippen LogP contribution is 2.03. The lowest BCUT2D eigenvalue weighted by molar-refractivity contribution is 0.0967. The maximum Gasteiger partial charge on any atom is 0.328 e. The lowest BCUT2D eigenvalue weighted by atomic mass is 10.2. The second-order valence-electron chi connectivity index (χ2n) is 4.29. The van der Waals surface area contributed by atoms with Crippen LogP contribution in [0, 0.1) is 0 Å². The number of urea groups is 1. The van der Waals surface area contributed by atoms with Gasteiger partial charge in [0.1, 0.15) is 0 Å². The minimum atomic E-state index is -0.813. The third-order valence-electron chi connectivity index (χ3n) is 2.79. The Bertz CT molecular complexity index is 899. The normalized spacial score (nSPS) is 10.4. The van der Waals surface area contributed by atoms with Gasteiger partial charge in [-0.2, -0.15) is 4.98 Å². The van der Waals surface area contributed by atoms with Crippen LogP contribution >= 0.6 is 0 Å². The molecule has 22 heavy (non-hydrogen) atoms. The summed E-state index contributed by atoms with van der Waals surface area (Å²) in [6.07, 6.45) is 1.32. The van der Waals surface area contributed by atoms with Crippen LogP contribution in [0.25, 0.3) is 11.2 Å². The number of H-pyrrole nitrogens is 2. The van der Waals surface area contributed by atoms with E-state index in [1.807, 2.05) is 0 Å². The SMILES string of the molecule is O=C(NC(=O)c1ccccc1)Nc1nc2nc[nH]c2c(=O)[nH]1. The van der Waals surface area contributed by atoms with E-state index in [9.17, 15) is 14.4 Å². The van der Waals surface area contributed by atoms with E-state index in [1.165, 1.54) is 6.33 Å². The lowest BCUT2D eigenvalue weighted by Crippen LogP contribution is -2.35. The summed E-state index contributed by atoms with van der Waals surface area (Å²) in [7, 11) is 0. The maximum atomic E-state index is 11.8. The number of nitrogens with zero attached hydrogens (tertiary/aromatic N) is 2. The number of fused-ring (bicyclic) bond motifs is 1. The molecule has 110 valence electrons. The fraction of sp³-hybridized carbons (Fsp3) is 0. The van der Waals surface area contributed by atoms with Crippen LogP contribution in [0.3, 0.4) is 0 Å². The zero-order valence-corrected chi connectivity index (χ0v) is 11.1. The molecule has 3 aromatic rings. The van der Waals surface area contributed by atoms with Crippen molar-refractivity contribution in [3.63, 3.8) is 0 Å². The molecule has 0 bridgehead atoms. The molecule has 2 aromatic heterocycles. The van der Waals surface area contributed by atoms with Gasteiger partial charge < -0.3 is 4.98 Å². The van der Waals surface area contributed by atoms with Crippen LogP contribution in [0.5, 0.6) is 0 Å². The Balaban J connectivity index is 1.73. The number of aromatic amines is 2. The molecule has 0 aliphatic heterocycles. The Morgan fingerprint density at radius 3 is 2.68 bits per heavy atom. The largest absolute Gasteiger partial charge is 0.339 e. The van der Waals surface area contributed by atoms with Gasteiger partial charge in [0, 0.05) is 5.56 Å². The Labute approximate surface area is 122 Å². The second kappa shape index (κ2) is 5.48. The Morgan fingerprint density at radius 1 is 1.14 bits per heavy atom. The van der Waals surface area contributed by atoms with Crippen molar-refractivity contribution in [3.05, 3.63) is 52.6 Å². The Morgan fingerprint density at radius 2 is 1.91 bits per heavy atom. The van der Waals surface area contributed by atoms with Gasteiger partial charge >= 0.3 is 6.03 Å². The first-order valence-corrected chi connectivity index (χ1v) is 6.24. The smallest absolute Gasteiger partial charge is 0.328 e. The van der Waals surface area contributed by atoms with E-state index in [1.54, 1.807) is 30.3 Å². The fourth-order valence-electron chi connectivity index (χ4n) is 1.81. The van der Waals surface area contributed by atoms with E-state index in [2.05, 4.69) is 30.6 Å². The predicted molar refractivity (Wildman–Crippen MR) is 77.4 cm³/mol. The van der Waals surface area contributed by atoms with Crippen molar-refractivity contribution in [2.45, 2.75) is 0 Å². The van der Waals surface area contributed by atoms with Crippen molar-refractivity contribution in [2.24, 2.45) is 0 Å². The lowest BCUT2D eigenvalue weighted by Gasteiger charge is -2.05. The number of amides is 3. The first-order valence-electron chi connectivity index (χ1n) is 6.24. The third kappa shape index (κ3) is 2.68. The molecule has 0 radical (unpaired) electrons. The molecule has 0 unspecified atom stereocenters. The van der Waals surface area contributed by atoms with E-state index in [0.29, 0.717) is 5.56 Å². The Hall–Kier alpha value is -3.49. The minimum absolute atomic E-state index is 0.108. The van der Waals surface area contributed by atoms with Crippen LogP contribution in [0.2, 0.25) is 0 Å². The summed E-state index contributed by atoms with van der Waals surface area (Å²) >= 11 is 0. The molecule has 0 fully saturated rings. The fourth-order valence-corrected chi connectivity index (χ4v) is 1.81. The summed E-state index contributed by atoms with van der Waals surface area (Å²) < 4.78 is 0. The summed E-state index contributed by atoms with van der Waals surface area (Å²) in [5, 5.41) is 4.40. The molecule has 9 heteroatoms. The maximum absolute atomic E-state index is 11.8. The molecule has 0 aliphatic rings. The topological polar surface area (TPSA) is 133 Å². The highest BCUT2D eigenvalue weighted by Gasteiger charge is 2.12. The van der Waals surface area contributed by atoms with E-state index < -0.39 is 17.5 Å². The summed E-state index contributed by atoms with van der Waals surface area (Å²) in [5.41, 5.74) is 0.216. The van der Waals surface area contributed by atoms with Crippen LogP contribution in [0.1, 0.15) is 10.4 Å². The number of aromatic nitrogens is 4. The van der Waals surface area contributed by atoms with Gasteiger partial charge in [0.15, 0.2) is 11.2 Å². The molecule has 0 atom stereocenters. The summed E-state index contributed by atoms with van der Waals surface area (Å²) in [4.78, 5) is 48.0. The van der Waals surface area contributed by atoms with Crippen LogP contribution in [-0.2, 0) is 0 Å². The van der Waals surface area contributed by atoms with E-state index in [0.717, 1.165) is 0 Å².